The largest absolute Gasteiger partial charge is 0.486 e. The van der Waals surface area contributed by atoms with Crippen molar-refractivity contribution in [1.29, 1.82) is 0 Å². The van der Waals surface area contributed by atoms with E-state index >= 15 is 0 Å². The van der Waals surface area contributed by atoms with E-state index in [1.807, 2.05) is 26.0 Å². The number of nitrogens with zero attached hydrogens (tertiary/aromatic N) is 1. The minimum Gasteiger partial charge on any atom is -0.486 e. The van der Waals surface area contributed by atoms with Gasteiger partial charge in [0.05, 0.1) is 10.6 Å². The number of carbonyl (C=O) groups is 2. The molecule has 1 fully saturated rings. The van der Waals surface area contributed by atoms with Crippen molar-refractivity contribution in [1.82, 2.24) is 15.6 Å². The molecular formula is C26H28ClN3O3S. The molecule has 1 saturated carbocycles. The number of nitrogens with one attached hydrogen (secondary N) is 2. The number of rotatable bonds is 7. The van der Waals surface area contributed by atoms with Crippen molar-refractivity contribution in [3.8, 4) is 5.75 Å². The van der Waals surface area contributed by atoms with Gasteiger partial charge in [-0.3, -0.25) is 9.59 Å². The van der Waals surface area contributed by atoms with Gasteiger partial charge in [-0.15, -0.1) is 11.3 Å². The fraction of sp³-hybridized carbons (Fsp3) is 0.346. The zero-order chi connectivity index (χ0) is 24.1. The Kier molecular flexibility index (Phi) is 7.85. The smallest absolute Gasteiger partial charge is 0.271 e. The van der Waals surface area contributed by atoms with E-state index in [1.54, 1.807) is 29.6 Å². The number of hydrogen-bond donors (Lipinski definition) is 2. The van der Waals surface area contributed by atoms with Gasteiger partial charge in [0.25, 0.3) is 11.8 Å². The molecule has 0 bridgehead atoms. The van der Waals surface area contributed by atoms with Gasteiger partial charge in [0.2, 0.25) is 0 Å². The highest BCUT2D eigenvalue weighted by Crippen LogP contribution is 2.22. The number of thiazole rings is 1. The van der Waals surface area contributed by atoms with Crippen LogP contribution in [0.3, 0.4) is 0 Å². The minimum atomic E-state index is -0.238. The maximum absolute atomic E-state index is 12.9. The van der Waals surface area contributed by atoms with Crippen molar-refractivity contribution in [2.75, 3.05) is 0 Å². The quantitative estimate of drug-likeness (QED) is 0.454. The second-order valence-corrected chi connectivity index (χ2v) is 10.0. The zero-order valence-electron chi connectivity index (χ0n) is 19.3. The van der Waals surface area contributed by atoms with E-state index in [2.05, 4.69) is 21.7 Å². The van der Waals surface area contributed by atoms with Crippen LogP contribution >= 0.6 is 22.9 Å². The van der Waals surface area contributed by atoms with Crippen LogP contribution in [0.2, 0.25) is 5.02 Å². The van der Waals surface area contributed by atoms with Gasteiger partial charge in [0.15, 0.2) is 0 Å². The van der Waals surface area contributed by atoms with Crippen LogP contribution < -0.4 is 15.4 Å². The molecule has 34 heavy (non-hydrogen) atoms. The van der Waals surface area contributed by atoms with Crippen molar-refractivity contribution >= 4 is 34.8 Å². The van der Waals surface area contributed by atoms with Crippen LogP contribution in [-0.2, 0) is 6.61 Å². The highest BCUT2D eigenvalue weighted by atomic mass is 35.5. The predicted molar refractivity (Wildman–Crippen MR) is 135 cm³/mol. The van der Waals surface area contributed by atoms with Crippen LogP contribution in [0.15, 0.2) is 47.8 Å². The van der Waals surface area contributed by atoms with Gasteiger partial charge in [0, 0.05) is 17.5 Å². The molecule has 0 radical (unpaired) electrons. The molecule has 1 heterocycles. The van der Waals surface area contributed by atoms with Gasteiger partial charge in [-0.2, -0.15) is 0 Å². The summed E-state index contributed by atoms with van der Waals surface area (Å²) in [5.74, 6) is 0.326. The summed E-state index contributed by atoms with van der Waals surface area (Å²) >= 11 is 7.57. The molecule has 3 aromatic rings. The summed E-state index contributed by atoms with van der Waals surface area (Å²) in [5.41, 5.74) is 3.08. The Bertz CT molecular complexity index is 1160. The zero-order valence-corrected chi connectivity index (χ0v) is 20.8. The summed E-state index contributed by atoms with van der Waals surface area (Å²) in [5, 5.41) is 9.03. The Morgan fingerprint density at radius 3 is 2.35 bits per heavy atom. The minimum absolute atomic E-state index is 0.160. The van der Waals surface area contributed by atoms with Crippen molar-refractivity contribution < 1.29 is 14.3 Å². The number of aryl methyl sites for hydroxylation is 2. The van der Waals surface area contributed by atoms with Crippen molar-refractivity contribution in [3.63, 3.8) is 0 Å². The lowest BCUT2D eigenvalue weighted by molar-refractivity contribution is 0.0860. The third-order valence-electron chi connectivity index (χ3n) is 5.86. The average Bonchev–Trinajstić information content (AvgIpc) is 3.28. The van der Waals surface area contributed by atoms with E-state index in [-0.39, 0.29) is 23.9 Å². The second-order valence-electron chi connectivity index (χ2n) is 8.66. The van der Waals surface area contributed by atoms with Crippen molar-refractivity contribution in [2.45, 2.75) is 58.2 Å². The van der Waals surface area contributed by atoms with E-state index in [1.165, 1.54) is 11.3 Å². The molecule has 0 saturated heterocycles. The first-order chi connectivity index (χ1) is 16.4. The Morgan fingerprint density at radius 2 is 1.68 bits per heavy atom. The summed E-state index contributed by atoms with van der Waals surface area (Å²) in [6.07, 6.45) is 3.59. The second kappa shape index (κ2) is 11.0. The molecule has 8 heteroatoms. The number of carbonyl (C=O) groups excluding carboxylic acids is 2. The Labute approximate surface area is 208 Å². The monoisotopic (exact) mass is 497 g/mol. The van der Waals surface area contributed by atoms with Crippen LogP contribution in [0.5, 0.6) is 5.75 Å². The summed E-state index contributed by atoms with van der Waals surface area (Å²) in [7, 11) is 0. The highest BCUT2D eigenvalue weighted by molar-refractivity contribution is 7.09. The Balaban J connectivity index is 1.36. The lowest BCUT2D eigenvalue weighted by Crippen LogP contribution is -2.53. The van der Waals surface area contributed by atoms with Crippen LogP contribution in [0.25, 0.3) is 0 Å². The number of ether oxygens (including phenoxy) is 1. The number of aromatic nitrogens is 1. The standard InChI is InChI=1S/C26H28ClN3O3S/c1-16-11-17(2)13-18(12-16)33-14-24-28-23(15-34-24)26(32)30-22-10-6-5-9-21(22)29-25(31)19-7-3-4-8-20(19)27/h3-4,7-8,11-13,15,21-22H,5-6,9-10,14H2,1-2H3,(H,29,31)(H,30,32). The fourth-order valence-corrected chi connectivity index (χ4v) is 5.16. The van der Waals surface area contributed by atoms with E-state index < -0.39 is 0 Å². The lowest BCUT2D eigenvalue weighted by Gasteiger charge is -2.32. The predicted octanol–water partition coefficient (Wildman–Crippen LogP) is 5.46. The molecule has 0 aliphatic heterocycles. The Hall–Kier alpha value is -2.90. The first kappa shape index (κ1) is 24.2. The third kappa shape index (κ3) is 6.15. The summed E-state index contributed by atoms with van der Waals surface area (Å²) < 4.78 is 5.87. The van der Waals surface area contributed by atoms with Gasteiger partial charge in [-0.25, -0.2) is 4.98 Å². The summed E-state index contributed by atoms with van der Waals surface area (Å²) in [6.45, 7) is 4.36. The van der Waals surface area contributed by atoms with Crippen LogP contribution in [0.1, 0.15) is 62.7 Å². The Morgan fingerprint density at radius 1 is 1.03 bits per heavy atom. The maximum atomic E-state index is 12.9. The molecule has 2 aromatic carbocycles. The summed E-state index contributed by atoms with van der Waals surface area (Å²) in [6, 6.07) is 12.7. The molecule has 2 unspecified atom stereocenters. The van der Waals surface area contributed by atoms with Gasteiger partial charge in [-0.05, 0) is 62.1 Å². The fourth-order valence-electron chi connectivity index (χ4n) is 4.25. The van der Waals surface area contributed by atoms with Crippen LogP contribution in [0, 0.1) is 13.8 Å². The molecule has 1 aliphatic carbocycles. The van der Waals surface area contributed by atoms with Gasteiger partial charge in [-0.1, -0.05) is 42.6 Å². The number of halogens is 1. The third-order valence-corrected chi connectivity index (χ3v) is 7.01. The molecule has 1 aromatic heterocycles. The number of amides is 2. The molecule has 2 N–H and O–H groups in total. The molecule has 4 rings (SSSR count). The molecule has 1 aliphatic rings. The molecule has 178 valence electrons. The summed E-state index contributed by atoms with van der Waals surface area (Å²) in [4.78, 5) is 30.1. The molecule has 0 spiro atoms. The van der Waals surface area contributed by atoms with Gasteiger partial charge in [0.1, 0.15) is 23.1 Å². The van der Waals surface area contributed by atoms with E-state index in [0.29, 0.717) is 22.9 Å². The van der Waals surface area contributed by atoms with Crippen LogP contribution in [-0.4, -0.2) is 28.9 Å². The number of benzene rings is 2. The molecule has 6 nitrogen and oxygen atoms in total. The van der Waals surface area contributed by atoms with Crippen LogP contribution in [0.4, 0.5) is 0 Å². The molecule has 2 amide bonds. The normalized spacial score (nSPS) is 17.7. The lowest BCUT2D eigenvalue weighted by atomic mass is 9.90. The maximum Gasteiger partial charge on any atom is 0.271 e. The molecular weight excluding hydrogens is 470 g/mol. The van der Waals surface area contributed by atoms with E-state index in [4.69, 9.17) is 16.3 Å². The first-order valence-corrected chi connectivity index (χ1v) is 12.7. The van der Waals surface area contributed by atoms with Crippen molar-refractivity contribution in [3.05, 3.63) is 80.3 Å². The highest BCUT2D eigenvalue weighted by Gasteiger charge is 2.29. The topological polar surface area (TPSA) is 80.3 Å². The first-order valence-electron chi connectivity index (χ1n) is 11.4. The average molecular weight is 498 g/mol. The SMILES string of the molecule is Cc1cc(C)cc(OCc2nc(C(=O)NC3CCCCC3NC(=O)c3ccccc3Cl)cs2)c1. The van der Waals surface area contributed by atoms with Gasteiger partial charge < -0.3 is 15.4 Å². The van der Waals surface area contributed by atoms with Gasteiger partial charge >= 0.3 is 0 Å². The molecule has 2 atom stereocenters. The van der Waals surface area contributed by atoms with E-state index in [9.17, 15) is 9.59 Å². The van der Waals surface area contributed by atoms with Crippen molar-refractivity contribution in [2.24, 2.45) is 0 Å². The van der Waals surface area contributed by atoms with E-state index in [0.717, 1.165) is 47.6 Å². The number of hydrogen-bond acceptors (Lipinski definition) is 5.